The zero-order chi connectivity index (χ0) is 12.4. The minimum atomic E-state index is 0.163. The van der Waals surface area contributed by atoms with Crippen LogP contribution >= 0.6 is 0 Å². The van der Waals surface area contributed by atoms with Crippen LogP contribution in [0.1, 0.15) is 5.56 Å². The molecule has 1 fully saturated rings. The highest BCUT2D eigenvalue weighted by molar-refractivity contribution is 5.85. The number of carbonyl (C=O) groups is 1. The van der Waals surface area contributed by atoms with E-state index in [4.69, 9.17) is 0 Å². The first kappa shape index (κ1) is 11.2. The molecule has 1 amide bonds. The fraction of sp³-hybridized carbons (Fsp3) is 0.267. The molecule has 92 valence electrons. The molecule has 2 N–H and O–H groups in total. The number of amides is 1. The molecule has 0 radical (unpaired) electrons. The third kappa shape index (κ3) is 2.22. The van der Waals surface area contributed by atoms with Gasteiger partial charge in [0.05, 0.1) is 13.1 Å². The number of hydrogen-bond acceptors (Lipinski definition) is 1. The highest BCUT2D eigenvalue weighted by Crippen LogP contribution is 2.17. The molecule has 2 aromatic carbocycles. The molecule has 0 spiro atoms. The predicted molar refractivity (Wildman–Crippen MR) is 71.4 cm³/mol. The summed E-state index contributed by atoms with van der Waals surface area (Å²) in [6.45, 7) is 3.31. The maximum Gasteiger partial charge on any atom is 0.275 e. The first-order valence-corrected chi connectivity index (χ1v) is 6.40. The number of nitrogens with one attached hydrogen (secondary N) is 2. The van der Waals surface area contributed by atoms with Crippen molar-refractivity contribution in [1.82, 2.24) is 5.32 Å². The average Bonchev–Trinajstić information content (AvgIpc) is 2.39. The molecule has 3 nitrogen and oxygen atoms in total. The van der Waals surface area contributed by atoms with E-state index in [1.807, 2.05) is 0 Å². The molecule has 0 aromatic heterocycles. The molecule has 2 aromatic rings. The summed E-state index contributed by atoms with van der Waals surface area (Å²) >= 11 is 0. The van der Waals surface area contributed by atoms with Crippen molar-refractivity contribution in [2.75, 3.05) is 19.6 Å². The number of quaternary nitrogens is 1. The fourth-order valence-electron chi connectivity index (χ4n) is 2.62. The van der Waals surface area contributed by atoms with Crippen LogP contribution in [0.3, 0.4) is 0 Å². The van der Waals surface area contributed by atoms with Gasteiger partial charge in [0.2, 0.25) is 0 Å². The first-order valence-electron chi connectivity index (χ1n) is 6.40. The van der Waals surface area contributed by atoms with Crippen LogP contribution in [-0.2, 0) is 11.3 Å². The Morgan fingerprint density at radius 2 is 1.94 bits per heavy atom. The standard InChI is InChI=1S/C15H16N2O/c18-15-11-17(9-8-16-15)10-13-6-3-5-12-4-1-2-7-14(12)13/h1-7H,8-11H2,(H,16,18)/p+1. The molecule has 0 saturated carbocycles. The van der Waals surface area contributed by atoms with Crippen molar-refractivity contribution in [1.29, 1.82) is 0 Å². The summed E-state index contributed by atoms with van der Waals surface area (Å²) in [5.74, 6) is 0.163. The van der Waals surface area contributed by atoms with E-state index >= 15 is 0 Å². The van der Waals surface area contributed by atoms with E-state index in [2.05, 4.69) is 47.8 Å². The van der Waals surface area contributed by atoms with E-state index < -0.39 is 0 Å². The van der Waals surface area contributed by atoms with E-state index in [-0.39, 0.29) is 5.91 Å². The first-order chi connectivity index (χ1) is 8.83. The van der Waals surface area contributed by atoms with E-state index in [0.29, 0.717) is 6.54 Å². The molecule has 1 heterocycles. The zero-order valence-corrected chi connectivity index (χ0v) is 10.3. The molecule has 3 heteroatoms. The summed E-state index contributed by atoms with van der Waals surface area (Å²) in [5, 5.41) is 5.45. The van der Waals surface area contributed by atoms with Crippen molar-refractivity contribution in [3.05, 3.63) is 48.0 Å². The van der Waals surface area contributed by atoms with Gasteiger partial charge in [-0.05, 0) is 10.8 Å². The number of benzene rings is 2. The van der Waals surface area contributed by atoms with Crippen molar-refractivity contribution in [2.45, 2.75) is 6.54 Å². The molecule has 1 atom stereocenters. The lowest BCUT2D eigenvalue weighted by Gasteiger charge is -2.24. The Balaban J connectivity index is 1.88. The largest absolute Gasteiger partial charge is 0.346 e. The second-order valence-electron chi connectivity index (χ2n) is 4.84. The van der Waals surface area contributed by atoms with Crippen LogP contribution < -0.4 is 10.2 Å². The summed E-state index contributed by atoms with van der Waals surface area (Å²) in [6, 6.07) is 14.8. The van der Waals surface area contributed by atoms with Gasteiger partial charge in [0, 0.05) is 5.56 Å². The third-order valence-electron chi connectivity index (χ3n) is 3.53. The maximum atomic E-state index is 11.4. The predicted octanol–water partition coefficient (Wildman–Crippen LogP) is 0.355. The van der Waals surface area contributed by atoms with Gasteiger partial charge in [0.1, 0.15) is 6.54 Å². The van der Waals surface area contributed by atoms with Gasteiger partial charge in [0.25, 0.3) is 5.91 Å². The van der Waals surface area contributed by atoms with Crippen LogP contribution in [0.15, 0.2) is 42.5 Å². The van der Waals surface area contributed by atoms with Gasteiger partial charge in [-0.15, -0.1) is 0 Å². The Morgan fingerprint density at radius 1 is 1.11 bits per heavy atom. The van der Waals surface area contributed by atoms with Crippen LogP contribution in [0.2, 0.25) is 0 Å². The molecular formula is C15H17N2O+. The maximum absolute atomic E-state index is 11.4. The Hall–Kier alpha value is -1.87. The van der Waals surface area contributed by atoms with Crippen molar-refractivity contribution in [2.24, 2.45) is 0 Å². The van der Waals surface area contributed by atoms with E-state index in [1.54, 1.807) is 0 Å². The lowest BCUT2D eigenvalue weighted by molar-refractivity contribution is -0.907. The molecule has 1 saturated heterocycles. The number of fused-ring (bicyclic) bond motifs is 1. The van der Waals surface area contributed by atoms with Crippen molar-refractivity contribution in [3.8, 4) is 0 Å². The Kier molecular flexibility index (Phi) is 2.99. The second kappa shape index (κ2) is 4.78. The summed E-state index contributed by atoms with van der Waals surface area (Å²) < 4.78 is 0. The molecule has 1 aliphatic heterocycles. The van der Waals surface area contributed by atoms with Crippen LogP contribution in [0.4, 0.5) is 0 Å². The lowest BCUT2D eigenvalue weighted by Crippen LogP contribution is -3.14. The Bertz CT molecular complexity index is 574. The van der Waals surface area contributed by atoms with Crippen LogP contribution in [-0.4, -0.2) is 25.5 Å². The quantitative estimate of drug-likeness (QED) is 0.782. The topological polar surface area (TPSA) is 33.5 Å². The van der Waals surface area contributed by atoms with Crippen LogP contribution in [0, 0.1) is 0 Å². The third-order valence-corrected chi connectivity index (χ3v) is 3.53. The normalized spacial score (nSPS) is 19.8. The molecular weight excluding hydrogens is 224 g/mol. The molecule has 3 rings (SSSR count). The molecule has 1 unspecified atom stereocenters. The van der Waals surface area contributed by atoms with Gasteiger partial charge >= 0.3 is 0 Å². The van der Waals surface area contributed by atoms with Gasteiger partial charge in [-0.2, -0.15) is 0 Å². The smallest absolute Gasteiger partial charge is 0.275 e. The highest BCUT2D eigenvalue weighted by Gasteiger charge is 2.20. The fourth-order valence-corrected chi connectivity index (χ4v) is 2.62. The zero-order valence-electron chi connectivity index (χ0n) is 10.3. The lowest BCUT2D eigenvalue weighted by atomic mass is 10.0. The van der Waals surface area contributed by atoms with Gasteiger partial charge in [-0.25, -0.2) is 0 Å². The minimum absolute atomic E-state index is 0.163. The SMILES string of the molecule is O=C1C[NH+](Cc2cccc3ccccc23)CCN1. The Morgan fingerprint density at radius 3 is 2.83 bits per heavy atom. The van der Waals surface area contributed by atoms with Crippen molar-refractivity contribution in [3.63, 3.8) is 0 Å². The summed E-state index contributed by atoms with van der Waals surface area (Å²) in [6.07, 6.45) is 0. The molecule has 0 bridgehead atoms. The average molecular weight is 241 g/mol. The monoisotopic (exact) mass is 241 g/mol. The van der Waals surface area contributed by atoms with Gasteiger partial charge < -0.3 is 10.2 Å². The second-order valence-corrected chi connectivity index (χ2v) is 4.84. The Labute approximate surface area is 106 Å². The number of piperazine rings is 1. The van der Waals surface area contributed by atoms with E-state index in [9.17, 15) is 4.79 Å². The molecule has 18 heavy (non-hydrogen) atoms. The minimum Gasteiger partial charge on any atom is -0.346 e. The number of rotatable bonds is 2. The van der Waals surface area contributed by atoms with Gasteiger partial charge in [-0.3, -0.25) is 4.79 Å². The van der Waals surface area contributed by atoms with Crippen LogP contribution in [0.5, 0.6) is 0 Å². The number of carbonyl (C=O) groups excluding carboxylic acids is 1. The van der Waals surface area contributed by atoms with Crippen molar-refractivity contribution < 1.29 is 9.69 Å². The van der Waals surface area contributed by atoms with Gasteiger partial charge in [-0.1, -0.05) is 42.5 Å². The molecule has 1 aliphatic rings. The summed E-state index contributed by atoms with van der Waals surface area (Å²) in [7, 11) is 0. The van der Waals surface area contributed by atoms with Crippen molar-refractivity contribution >= 4 is 16.7 Å². The van der Waals surface area contributed by atoms with Crippen LogP contribution in [0.25, 0.3) is 10.8 Å². The number of hydrogen-bond donors (Lipinski definition) is 2. The van der Waals surface area contributed by atoms with E-state index in [0.717, 1.165) is 19.6 Å². The summed E-state index contributed by atoms with van der Waals surface area (Å²) in [4.78, 5) is 12.7. The highest BCUT2D eigenvalue weighted by atomic mass is 16.2. The van der Waals surface area contributed by atoms with E-state index in [1.165, 1.54) is 21.2 Å². The summed E-state index contributed by atoms with van der Waals surface area (Å²) in [5.41, 5.74) is 1.33. The molecule has 0 aliphatic carbocycles. The van der Waals surface area contributed by atoms with Gasteiger partial charge in [0.15, 0.2) is 6.54 Å².